The maximum atomic E-state index is 12.7. The molecule has 1 spiro atoms. The Kier molecular flexibility index (Phi) is 6.63. The van der Waals surface area contributed by atoms with E-state index in [1.165, 1.54) is 11.8 Å². The molecule has 0 radical (unpaired) electrons. The van der Waals surface area contributed by atoms with Gasteiger partial charge in [-0.25, -0.2) is 0 Å². The summed E-state index contributed by atoms with van der Waals surface area (Å²) >= 11 is 5.04. The number of carbonyl (C=O) groups is 1. The number of hydrogen-bond donors (Lipinski definition) is 2. The molecular formula is C22H22BrF3N4O2S. The maximum Gasteiger partial charge on any atom is 0.417 e. The second-order valence-electron chi connectivity index (χ2n) is 8.24. The molecule has 11 heteroatoms. The molecule has 1 aromatic carbocycles. The third-order valence-corrected chi connectivity index (χ3v) is 7.21. The Morgan fingerprint density at radius 1 is 1.39 bits per heavy atom. The van der Waals surface area contributed by atoms with E-state index in [-0.39, 0.29) is 17.8 Å². The second-order valence-corrected chi connectivity index (χ2v) is 10.1. The Bertz CT molecular complexity index is 1080. The zero-order chi connectivity index (χ0) is 23.8. The average molecular weight is 543 g/mol. The highest BCUT2D eigenvalue weighted by Gasteiger charge is 2.45. The van der Waals surface area contributed by atoms with Gasteiger partial charge in [0.1, 0.15) is 23.1 Å². The van der Waals surface area contributed by atoms with Crippen LogP contribution in [-0.2, 0) is 11.7 Å². The Morgan fingerprint density at radius 2 is 2.18 bits per heavy atom. The normalized spacial score (nSPS) is 22.9. The standard InChI is InChI=1S/C22H22BrF3N4O2S/c1-12(29-19(31)17-6-3-13(10-28-17)22(24,25)26)2-5-15-9-21(11-33-20(27)30-21)16-8-14(23)4-7-18(16)32-15/h3-4,6-8,10,12,15H,2,5,9,11H2,1H3,(H2,27,30)(H,29,31)/t12-,15-,21?/m0/s1. The van der Waals surface area contributed by atoms with Crippen LogP contribution in [0.5, 0.6) is 5.75 Å². The molecule has 2 aliphatic rings. The molecule has 1 unspecified atom stereocenters. The van der Waals surface area contributed by atoms with Crippen molar-refractivity contribution in [2.24, 2.45) is 10.7 Å². The zero-order valence-electron chi connectivity index (χ0n) is 17.7. The van der Waals surface area contributed by atoms with Gasteiger partial charge in [-0.05, 0) is 50.1 Å². The van der Waals surface area contributed by atoms with Gasteiger partial charge < -0.3 is 15.8 Å². The first-order chi connectivity index (χ1) is 15.6. The molecule has 0 fully saturated rings. The van der Waals surface area contributed by atoms with Crippen LogP contribution in [0.1, 0.15) is 47.8 Å². The van der Waals surface area contributed by atoms with E-state index < -0.39 is 23.2 Å². The SMILES string of the molecule is C[C@@H](CC[C@H]1CC2(CSC(N)=N2)c2cc(Br)ccc2O1)NC(=O)c1ccc(C(F)(F)F)cn1. The van der Waals surface area contributed by atoms with E-state index in [1.807, 2.05) is 25.1 Å². The molecule has 1 amide bonds. The van der Waals surface area contributed by atoms with Crippen molar-refractivity contribution in [2.75, 3.05) is 5.75 Å². The lowest BCUT2D eigenvalue weighted by molar-refractivity contribution is -0.137. The first-order valence-corrected chi connectivity index (χ1v) is 12.1. The highest BCUT2D eigenvalue weighted by molar-refractivity contribution is 9.10. The lowest BCUT2D eigenvalue weighted by Crippen LogP contribution is -2.39. The summed E-state index contributed by atoms with van der Waals surface area (Å²) in [7, 11) is 0. The molecule has 4 rings (SSSR count). The molecule has 6 nitrogen and oxygen atoms in total. The Morgan fingerprint density at radius 3 is 2.82 bits per heavy atom. The topological polar surface area (TPSA) is 89.6 Å². The average Bonchev–Trinajstić information content (AvgIpc) is 3.13. The van der Waals surface area contributed by atoms with E-state index in [4.69, 9.17) is 15.5 Å². The van der Waals surface area contributed by atoms with Gasteiger partial charge in [0.05, 0.1) is 5.56 Å². The van der Waals surface area contributed by atoms with Gasteiger partial charge in [0.15, 0.2) is 5.17 Å². The molecule has 3 heterocycles. The highest BCUT2D eigenvalue weighted by atomic mass is 79.9. The van der Waals surface area contributed by atoms with Crippen LogP contribution in [0.2, 0.25) is 0 Å². The van der Waals surface area contributed by atoms with Crippen molar-refractivity contribution in [1.29, 1.82) is 0 Å². The van der Waals surface area contributed by atoms with Gasteiger partial charge in [-0.2, -0.15) is 13.2 Å². The summed E-state index contributed by atoms with van der Waals surface area (Å²) in [4.78, 5) is 20.8. The van der Waals surface area contributed by atoms with Crippen LogP contribution in [0.3, 0.4) is 0 Å². The van der Waals surface area contributed by atoms with Crippen molar-refractivity contribution in [3.05, 3.63) is 57.8 Å². The van der Waals surface area contributed by atoms with Crippen molar-refractivity contribution in [1.82, 2.24) is 10.3 Å². The molecule has 176 valence electrons. The van der Waals surface area contributed by atoms with Crippen LogP contribution < -0.4 is 15.8 Å². The molecule has 2 aromatic rings. The molecule has 1 aromatic heterocycles. The molecule has 0 aliphatic carbocycles. The fourth-order valence-corrected chi connectivity index (χ4v) is 5.38. The number of aromatic nitrogens is 1. The van der Waals surface area contributed by atoms with E-state index in [1.54, 1.807) is 0 Å². The van der Waals surface area contributed by atoms with Crippen molar-refractivity contribution in [3.8, 4) is 5.75 Å². The summed E-state index contributed by atoms with van der Waals surface area (Å²) in [6.07, 6.45) is -1.99. The van der Waals surface area contributed by atoms with Crippen LogP contribution in [0.15, 0.2) is 46.0 Å². The lowest BCUT2D eigenvalue weighted by Gasteiger charge is -2.38. The van der Waals surface area contributed by atoms with Crippen LogP contribution >= 0.6 is 27.7 Å². The van der Waals surface area contributed by atoms with E-state index in [9.17, 15) is 18.0 Å². The molecule has 0 saturated heterocycles. The minimum atomic E-state index is -4.49. The van der Waals surface area contributed by atoms with E-state index >= 15 is 0 Å². The van der Waals surface area contributed by atoms with Crippen LogP contribution in [0.25, 0.3) is 0 Å². The summed E-state index contributed by atoms with van der Waals surface area (Å²) in [5, 5.41) is 3.35. The Labute approximate surface area is 201 Å². The van der Waals surface area contributed by atoms with Crippen molar-refractivity contribution in [2.45, 2.75) is 50.0 Å². The van der Waals surface area contributed by atoms with Crippen molar-refractivity contribution in [3.63, 3.8) is 0 Å². The number of nitrogens with one attached hydrogen (secondary N) is 1. The number of halogens is 4. The monoisotopic (exact) mass is 542 g/mol. The van der Waals surface area contributed by atoms with Crippen LogP contribution in [0, 0.1) is 0 Å². The number of hydrogen-bond acceptors (Lipinski definition) is 6. The fourth-order valence-electron chi connectivity index (χ4n) is 4.05. The number of rotatable bonds is 5. The summed E-state index contributed by atoms with van der Waals surface area (Å²) in [6, 6.07) is 7.57. The summed E-state index contributed by atoms with van der Waals surface area (Å²) in [5.74, 6) is 1.00. The number of pyridine rings is 1. The molecule has 3 atom stereocenters. The first kappa shape index (κ1) is 23.9. The third-order valence-electron chi connectivity index (χ3n) is 5.71. The highest BCUT2D eigenvalue weighted by Crippen LogP contribution is 2.48. The van der Waals surface area contributed by atoms with Gasteiger partial charge in [0, 0.05) is 34.4 Å². The van der Waals surface area contributed by atoms with Gasteiger partial charge in [0.25, 0.3) is 5.91 Å². The number of fused-ring (bicyclic) bond motifs is 2. The third kappa shape index (κ3) is 5.29. The molecule has 0 bridgehead atoms. The van der Waals surface area contributed by atoms with Gasteiger partial charge in [0.2, 0.25) is 0 Å². The summed E-state index contributed by atoms with van der Waals surface area (Å²) in [6.45, 7) is 1.84. The molecule has 0 saturated carbocycles. The minimum absolute atomic E-state index is 0.0602. The number of ether oxygens (including phenoxy) is 1. The van der Waals surface area contributed by atoms with E-state index in [0.717, 1.165) is 33.7 Å². The van der Waals surface area contributed by atoms with Crippen molar-refractivity contribution >= 4 is 38.8 Å². The van der Waals surface area contributed by atoms with E-state index in [2.05, 4.69) is 26.2 Å². The Balaban J connectivity index is 1.38. The summed E-state index contributed by atoms with van der Waals surface area (Å²) < 4.78 is 45.2. The number of carbonyl (C=O) groups excluding carboxylic acids is 1. The van der Waals surface area contributed by atoms with Crippen molar-refractivity contribution < 1.29 is 22.7 Å². The number of thioether (sulfide) groups is 1. The zero-order valence-corrected chi connectivity index (χ0v) is 20.1. The number of amidine groups is 1. The largest absolute Gasteiger partial charge is 0.490 e. The van der Waals surface area contributed by atoms with Gasteiger partial charge in [-0.1, -0.05) is 27.7 Å². The lowest BCUT2D eigenvalue weighted by atomic mass is 9.82. The fraction of sp³-hybridized carbons (Fsp3) is 0.409. The minimum Gasteiger partial charge on any atom is -0.490 e. The number of nitrogens with two attached hydrogens (primary N) is 1. The van der Waals surface area contributed by atoms with Gasteiger partial charge in [-0.3, -0.25) is 14.8 Å². The van der Waals surface area contributed by atoms with Crippen LogP contribution in [-0.4, -0.2) is 34.0 Å². The molecule has 2 aliphatic heterocycles. The second kappa shape index (κ2) is 9.17. The smallest absolute Gasteiger partial charge is 0.417 e. The number of benzene rings is 1. The number of alkyl halides is 3. The predicted octanol–water partition coefficient (Wildman–Crippen LogP) is 4.87. The number of amides is 1. The molecular weight excluding hydrogens is 521 g/mol. The summed E-state index contributed by atoms with van der Waals surface area (Å²) in [5.41, 5.74) is 5.61. The Hall–Kier alpha value is -2.27. The number of aliphatic imine (C=N–C) groups is 1. The predicted molar refractivity (Wildman–Crippen MR) is 124 cm³/mol. The van der Waals surface area contributed by atoms with E-state index in [0.29, 0.717) is 30.6 Å². The molecule has 3 N–H and O–H groups in total. The van der Waals surface area contributed by atoms with Gasteiger partial charge >= 0.3 is 6.18 Å². The number of nitrogens with zero attached hydrogens (tertiary/aromatic N) is 2. The molecule has 33 heavy (non-hydrogen) atoms. The quantitative estimate of drug-likeness (QED) is 0.562. The maximum absolute atomic E-state index is 12.7. The first-order valence-electron chi connectivity index (χ1n) is 10.3. The van der Waals surface area contributed by atoms with Gasteiger partial charge in [-0.15, -0.1) is 0 Å². The van der Waals surface area contributed by atoms with Crippen LogP contribution in [0.4, 0.5) is 13.2 Å².